The maximum Gasteiger partial charge on any atom is 0.351 e. The summed E-state index contributed by atoms with van der Waals surface area (Å²) in [5, 5.41) is 12.0. The van der Waals surface area contributed by atoms with Crippen molar-refractivity contribution in [2.75, 3.05) is 0 Å². The van der Waals surface area contributed by atoms with Crippen LogP contribution in [0.4, 0.5) is 0 Å². The van der Waals surface area contributed by atoms with Gasteiger partial charge in [-0.05, 0) is 36.6 Å². The number of aryl methyl sites for hydroxylation is 1. The number of aromatic nitrogens is 3. The average molecular weight is 433 g/mol. The lowest BCUT2D eigenvalue weighted by Gasteiger charge is -2.12. The fourth-order valence-corrected chi connectivity index (χ4v) is 4.94. The summed E-state index contributed by atoms with van der Waals surface area (Å²) < 4.78 is 9.39. The zero-order valence-corrected chi connectivity index (χ0v) is 18.1. The molecule has 0 radical (unpaired) electrons. The van der Waals surface area contributed by atoms with Crippen molar-refractivity contribution in [3.8, 4) is 28.1 Å². The number of thiazole rings is 1. The van der Waals surface area contributed by atoms with E-state index in [0.717, 1.165) is 21.0 Å². The fraction of sp³-hybridized carbons (Fsp3) is 0.208. The molecule has 2 aromatic carbocycles. The van der Waals surface area contributed by atoms with Gasteiger partial charge < -0.3 is 9.84 Å². The van der Waals surface area contributed by atoms with Crippen molar-refractivity contribution in [3.05, 3.63) is 86.9 Å². The molecule has 3 heterocycles. The lowest BCUT2D eigenvalue weighted by atomic mass is 10.00. The van der Waals surface area contributed by atoms with Crippen molar-refractivity contribution >= 4 is 11.3 Å². The van der Waals surface area contributed by atoms with Gasteiger partial charge >= 0.3 is 5.56 Å². The predicted octanol–water partition coefficient (Wildman–Crippen LogP) is 4.04. The molecule has 0 saturated heterocycles. The molecule has 4 aromatic rings. The fourth-order valence-electron chi connectivity index (χ4n) is 4.11. The summed E-state index contributed by atoms with van der Waals surface area (Å²) in [5.41, 5.74) is 2.72. The van der Waals surface area contributed by atoms with Crippen molar-refractivity contribution in [1.29, 1.82) is 0 Å². The van der Waals surface area contributed by atoms with Gasteiger partial charge in [0.15, 0.2) is 12.2 Å². The molecule has 1 aliphatic rings. The minimum Gasteiger partial charge on any atom is -0.477 e. The molecule has 1 atom stereocenters. The third-order valence-electron chi connectivity index (χ3n) is 5.56. The summed E-state index contributed by atoms with van der Waals surface area (Å²) in [6, 6.07) is 17.7. The molecular formula is C24H22N3O3S+. The molecule has 156 valence electrons. The molecule has 0 saturated carbocycles. The Morgan fingerprint density at radius 3 is 2.61 bits per heavy atom. The van der Waals surface area contributed by atoms with Gasteiger partial charge in [0.1, 0.15) is 0 Å². The standard InChI is InChI=1S/C24H21N3O3S/c1-3-26-20-14-30-24(19-13-25-15(2)31-19)27(20)23(29)21(22(26)28)18-11-7-10-17(12-18)16-8-5-4-6-9-16/h4-13,24H,3,14H2,1-2H3/p+1. The third-order valence-corrected chi connectivity index (χ3v) is 6.51. The van der Waals surface area contributed by atoms with Crippen LogP contribution >= 0.6 is 11.3 Å². The highest BCUT2D eigenvalue weighted by Gasteiger charge is 2.40. The Hall–Kier alpha value is -3.29. The number of hydrogen-bond acceptors (Lipinski definition) is 5. The molecule has 0 spiro atoms. The van der Waals surface area contributed by atoms with Crippen molar-refractivity contribution in [1.82, 2.24) is 9.55 Å². The van der Waals surface area contributed by atoms with Crippen LogP contribution in [-0.4, -0.2) is 14.7 Å². The van der Waals surface area contributed by atoms with Crippen LogP contribution in [0.5, 0.6) is 5.88 Å². The van der Waals surface area contributed by atoms with Gasteiger partial charge in [0.25, 0.3) is 11.7 Å². The molecule has 0 bridgehead atoms. The van der Waals surface area contributed by atoms with Gasteiger partial charge in [0, 0.05) is 6.20 Å². The van der Waals surface area contributed by atoms with Crippen LogP contribution in [0, 0.1) is 6.92 Å². The van der Waals surface area contributed by atoms with Gasteiger partial charge in [-0.3, -0.25) is 0 Å². The maximum absolute atomic E-state index is 13.7. The average Bonchev–Trinajstić information content (AvgIpc) is 3.41. The topological polar surface area (TPSA) is 68.2 Å². The Kier molecular flexibility index (Phi) is 4.92. The largest absolute Gasteiger partial charge is 0.477 e. The van der Waals surface area contributed by atoms with E-state index in [4.69, 9.17) is 4.74 Å². The highest BCUT2D eigenvalue weighted by molar-refractivity contribution is 7.11. The van der Waals surface area contributed by atoms with Crippen LogP contribution in [0.25, 0.3) is 22.3 Å². The number of hydrogen-bond donors (Lipinski definition) is 1. The molecular weight excluding hydrogens is 410 g/mol. The summed E-state index contributed by atoms with van der Waals surface area (Å²) in [5.74, 6) is 0.623. The van der Waals surface area contributed by atoms with E-state index in [0.29, 0.717) is 17.9 Å². The SMILES string of the molecule is CC[n+]1c(O)c(-c2cccc(-c3ccccc3)c2)c(=O)n2c1COC2c1cnc(C)s1. The first-order chi connectivity index (χ1) is 15.1. The number of aromatic hydroxyl groups is 1. The number of nitrogens with zero attached hydrogens (tertiary/aromatic N) is 3. The summed E-state index contributed by atoms with van der Waals surface area (Å²) in [6.07, 6.45) is 1.22. The van der Waals surface area contributed by atoms with Crippen LogP contribution < -0.4 is 10.1 Å². The molecule has 0 aliphatic carbocycles. The number of rotatable bonds is 4. The second-order valence-electron chi connectivity index (χ2n) is 7.43. The molecule has 7 heteroatoms. The first kappa shape index (κ1) is 19.7. The molecule has 6 nitrogen and oxygen atoms in total. The monoisotopic (exact) mass is 432 g/mol. The highest BCUT2D eigenvalue weighted by atomic mass is 32.1. The van der Waals surface area contributed by atoms with Gasteiger partial charge in [-0.15, -0.1) is 11.3 Å². The smallest absolute Gasteiger partial charge is 0.351 e. The number of benzene rings is 2. The van der Waals surface area contributed by atoms with E-state index in [2.05, 4.69) is 4.98 Å². The highest BCUT2D eigenvalue weighted by Crippen LogP contribution is 2.34. The lowest BCUT2D eigenvalue weighted by Crippen LogP contribution is -2.44. The van der Waals surface area contributed by atoms with Crippen LogP contribution in [-0.2, 0) is 17.9 Å². The minimum absolute atomic E-state index is 0.0336. The van der Waals surface area contributed by atoms with Gasteiger partial charge in [-0.25, -0.2) is 9.78 Å². The minimum atomic E-state index is -0.539. The lowest BCUT2D eigenvalue weighted by molar-refractivity contribution is -0.710. The summed E-state index contributed by atoms with van der Waals surface area (Å²) in [7, 11) is 0. The zero-order chi connectivity index (χ0) is 21.5. The molecule has 1 N–H and O–H groups in total. The second kappa shape index (κ2) is 7.76. The van der Waals surface area contributed by atoms with Crippen LogP contribution in [0.15, 0.2) is 65.6 Å². The van der Waals surface area contributed by atoms with Crippen molar-refractivity contribution in [2.45, 2.75) is 33.2 Å². The second-order valence-corrected chi connectivity index (χ2v) is 8.69. The zero-order valence-electron chi connectivity index (χ0n) is 17.3. The predicted molar refractivity (Wildman–Crippen MR) is 119 cm³/mol. The number of ether oxygens (including phenoxy) is 1. The Balaban J connectivity index is 1.72. The Morgan fingerprint density at radius 2 is 1.90 bits per heavy atom. The van der Waals surface area contributed by atoms with Crippen LogP contribution in [0.2, 0.25) is 0 Å². The summed E-state index contributed by atoms with van der Waals surface area (Å²) in [6.45, 7) is 4.64. The molecule has 1 unspecified atom stereocenters. The van der Waals surface area contributed by atoms with E-state index in [1.54, 1.807) is 15.3 Å². The van der Waals surface area contributed by atoms with E-state index in [-0.39, 0.29) is 23.6 Å². The molecule has 0 fully saturated rings. The maximum atomic E-state index is 13.7. The number of fused-ring (bicyclic) bond motifs is 1. The Bertz CT molecular complexity index is 1330. The van der Waals surface area contributed by atoms with E-state index in [1.807, 2.05) is 68.4 Å². The molecule has 5 rings (SSSR count). The molecule has 31 heavy (non-hydrogen) atoms. The van der Waals surface area contributed by atoms with E-state index in [9.17, 15) is 9.90 Å². The first-order valence-corrected chi connectivity index (χ1v) is 11.0. The van der Waals surface area contributed by atoms with Gasteiger partial charge in [-0.2, -0.15) is 9.13 Å². The first-order valence-electron chi connectivity index (χ1n) is 10.2. The normalized spacial score (nSPS) is 15.2. The van der Waals surface area contributed by atoms with Crippen molar-refractivity contribution in [2.24, 2.45) is 0 Å². The Morgan fingerprint density at radius 1 is 1.16 bits per heavy atom. The molecule has 0 amide bonds. The van der Waals surface area contributed by atoms with E-state index in [1.165, 1.54) is 11.3 Å². The van der Waals surface area contributed by atoms with Crippen LogP contribution in [0.3, 0.4) is 0 Å². The van der Waals surface area contributed by atoms with E-state index < -0.39 is 6.23 Å². The Labute approximate surface area is 183 Å². The van der Waals surface area contributed by atoms with Crippen molar-refractivity contribution < 1.29 is 14.4 Å². The van der Waals surface area contributed by atoms with Gasteiger partial charge in [0.05, 0.1) is 16.4 Å². The van der Waals surface area contributed by atoms with E-state index >= 15 is 0 Å². The summed E-state index contributed by atoms with van der Waals surface area (Å²) >= 11 is 1.51. The molecule has 2 aromatic heterocycles. The van der Waals surface area contributed by atoms with Crippen molar-refractivity contribution in [3.63, 3.8) is 0 Å². The summed E-state index contributed by atoms with van der Waals surface area (Å²) in [4.78, 5) is 18.9. The van der Waals surface area contributed by atoms with Crippen LogP contribution in [0.1, 0.15) is 28.9 Å². The van der Waals surface area contributed by atoms with Gasteiger partial charge in [0.2, 0.25) is 6.23 Å². The molecule has 1 aliphatic heterocycles. The van der Waals surface area contributed by atoms with Gasteiger partial charge in [-0.1, -0.05) is 48.5 Å². The quantitative estimate of drug-likeness (QED) is 0.494. The third kappa shape index (κ3) is 3.26.